The summed E-state index contributed by atoms with van der Waals surface area (Å²) >= 11 is 0. The zero-order valence-corrected chi connectivity index (χ0v) is 19.9. The van der Waals surface area contributed by atoms with Crippen LogP contribution in [0.1, 0.15) is 38.7 Å². The second kappa shape index (κ2) is 7.67. The molecule has 178 valence electrons. The number of aliphatic hydroxyl groups is 1. The number of Topliss-reactive ketones (excluding diaryl/α,β-unsaturated/α-hetero) is 1. The van der Waals surface area contributed by atoms with Gasteiger partial charge in [-0.3, -0.25) is 9.59 Å². The molecule has 0 aromatic heterocycles. The highest BCUT2D eigenvalue weighted by Crippen LogP contribution is 2.59. The van der Waals surface area contributed by atoms with Crippen LogP contribution < -0.4 is 10.1 Å². The summed E-state index contributed by atoms with van der Waals surface area (Å²) in [6, 6.07) is 7.79. The number of amides is 1. The van der Waals surface area contributed by atoms with Crippen LogP contribution in [0, 0.1) is 41.4 Å². The number of fused-ring (bicyclic) bond motifs is 4. The SMILES string of the molecule is C=C[C@H]1C=C(C)[C@H]2[C@@H]3C[C@H](C)CC[C@H]3[C@@H]3Oc4ccc(cc4)C[C@@]4(O)C=C(C(=O)N4)C(=O)[C@@H]1[C@@H]32. The second-order valence-electron chi connectivity index (χ2n) is 11.3. The Bertz CT molecular complexity index is 1120. The lowest BCUT2D eigenvalue weighted by Gasteiger charge is -2.40. The molecule has 1 aromatic carbocycles. The van der Waals surface area contributed by atoms with Crippen molar-refractivity contribution in [2.45, 2.75) is 51.4 Å². The van der Waals surface area contributed by atoms with Crippen molar-refractivity contribution < 1.29 is 19.4 Å². The van der Waals surface area contributed by atoms with Gasteiger partial charge in [-0.25, -0.2) is 0 Å². The Morgan fingerprint density at radius 1 is 1.15 bits per heavy atom. The van der Waals surface area contributed by atoms with E-state index in [1.807, 2.05) is 30.3 Å². The van der Waals surface area contributed by atoms with Gasteiger partial charge in [-0.05, 0) is 67.2 Å². The molecular formula is C29H33NO4. The third kappa shape index (κ3) is 3.24. The van der Waals surface area contributed by atoms with Gasteiger partial charge >= 0.3 is 0 Å². The molecule has 0 spiro atoms. The van der Waals surface area contributed by atoms with Crippen LogP contribution in [-0.2, 0) is 16.0 Å². The molecule has 5 nitrogen and oxygen atoms in total. The van der Waals surface area contributed by atoms with E-state index in [0.717, 1.165) is 24.2 Å². The maximum Gasteiger partial charge on any atom is 0.257 e. The van der Waals surface area contributed by atoms with E-state index in [2.05, 4.69) is 31.8 Å². The average Bonchev–Trinajstić information content (AvgIpc) is 3.28. The molecule has 0 radical (unpaired) electrons. The van der Waals surface area contributed by atoms with Crippen molar-refractivity contribution in [1.82, 2.24) is 5.32 Å². The Morgan fingerprint density at radius 2 is 1.91 bits per heavy atom. The number of hydrogen-bond acceptors (Lipinski definition) is 4. The third-order valence-corrected chi connectivity index (χ3v) is 9.17. The number of benzene rings is 1. The maximum atomic E-state index is 14.1. The molecule has 1 amide bonds. The highest BCUT2D eigenvalue weighted by atomic mass is 16.5. The van der Waals surface area contributed by atoms with E-state index in [-0.39, 0.29) is 41.6 Å². The maximum absolute atomic E-state index is 14.1. The van der Waals surface area contributed by atoms with E-state index >= 15 is 0 Å². The summed E-state index contributed by atoms with van der Waals surface area (Å²) in [5.41, 5.74) is 0.686. The number of carbonyl (C=O) groups is 2. The van der Waals surface area contributed by atoms with E-state index in [1.54, 1.807) is 0 Å². The molecule has 0 saturated heterocycles. The molecule has 3 aliphatic carbocycles. The number of hydrogen-bond donors (Lipinski definition) is 2. The third-order valence-electron chi connectivity index (χ3n) is 9.17. The summed E-state index contributed by atoms with van der Waals surface area (Å²) in [4.78, 5) is 27.1. The fraction of sp³-hybridized carbons (Fsp3) is 0.517. The van der Waals surface area contributed by atoms with Gasteiger partial charge in [0.15, 0.2) is 11.5 Å². The largest absolute Gasteiger partial charge is 0.490 e. The van der Waals surface area contributed by atoms with E-state index in [0.29, 0.717) is 17.8 Å². The first-order chi connectivity index (χ1) is 16.3. The topological polar surface area (TPSA) is 75.6 Å². The number of rotatable bonds is 1. The fourth-order valence-corrected chi connectivity index (χ4v) is 7.83. The van der Waals surface area contributed by atoms with Crippen molar-refractivity contribution in [1.29, 1.82) is 0 Å². The highest BCUT2D eigenvalue weighted by Gasteiger charge is 2.60. The summed E-state index contributed by atoms with van der Waals surface area (Å²) in [6.45, 7) is 8.58. The zero-order valence-electron chi connectivity index (χ0n) is 19.9. The number of allylic oxidation sites excluding steroid dienone is 3. The molecule has 34 heavy (non-hydrogen) atoms. The molecule has 2 N–H and O–H groups in total. The molecular weight excluding hydrogens is 426 g/mol. The van der Waals surface area contributed by atoms with Crippen LogP contribution in [0.4, 0.5) is 0 Å². The molecule has 2 saturated carbocycles. The molecule has 3 heterocycles. The van der Waals surface area contributed by atoms with Gasteiger partial charge < -0.3 is 15.2 Å². The molecule has 1 aromatic rings. The lowest BCUT2D eigenvalue weighted by molar-refractivity contribution is -0.128. The summed E-state index contributed by atoms with van der Waals surface area (Å²) < 4.78 is 6.77. The zero-order chi connectivity index (χ0) is 23.8. The average molecular weight is 460 g/mol. The van der Waals surface area contributed by atoms with Crippen LogP contribution in [0.2, 0.25) is 0 Å². The predicted molar refractivity (Wildman–Crippen MR) is 129 cm³/mol. The van der Waals surface area contributed by atoms with Gasteiger partial charge in [0.05, 0.1) is 5.57 Å². The van der Waals surface area contributed by atoms with Crippen molar-refractivity contribution >= 4 is 11.7 Å². The first-order valence-electron chi connectivity index (χ1n) is 12.7. The number of ketones is 1. The molecule has 2 fully saturated rings. The Kier molecular flexibility index (Phi) is 4.93. The fourth-order valence-electron chi connectivity index (χ4n) is 7.83. The second-order valence-corrected chi connectivity index (χ2v) is 11.3. The smallest absolute Gasteiger partial charge is 0.257 e. The van der Waals surface area contributed by atoms with Crippen LogP contribution in [0.25, 0.3) is 0 Å². The van der Waals surface area contributed by atoms with Crippen molar-refractivity contribution in [3.05, 3.63) is 65.8 Å². The lowest BCUT2D eigenvalue weighted by atomic mass is 9.63. The molecule has 3 aliphatic heterocycles. The molecule has 5 heteroatoms. The first-order valence-corrected chi connectivity index (χ1v) is 12.7. The van der Waals surface area contributed by atoms with Crippen LogP contribution >= 0.6 is 0 Å². The minimum Gasteiger partial charge on any atom is -0.490 e. The first kappa shape index (κ1) is 21.8. The van der Waals surface area contributed by atoms with Gasteiger partial charge in [0.2, 0.25) is 0 Å². The predicted octanol–water partition coefficient (Wildman–Crippen LogP) is 3.98. The van der Waals surface area contributed by atoms with Crippen molar-refractivity contribution in [2.24, 2.45) is 41.4 Å². The van der Waals surface area contributed by atoms with Gasteiger partial charge in [0.1, 0.15) is 11.9 Å². The number of ether oxygens (including phenoxy) is 1. The van der Waals surface area contributed by atoms with Crippen LogP contribution in [0.15, 0.2) is 60.2 Å². The summed E-state index contributed by atoms with van der Waals surface area (Å²) in [6.07, 6.45) is 8.99. The normalized spacial score (nSPS) is 42.7. The van der Waals surface area contributed by atoms with E-state index in [4.69, 9.17) is 4.74 Å². The van der Waals surface area contributed by atoms with Crippen molar-refractivity contribution in [3.63, 3.8) is 0 Å². The highest BCUT2D eigenvalue weighted by molar-refractivity contribution is 6.22. The minimum atomic E-state index is -1.57. The Morgan fingerprint density at radius 3 is 2.65 bits per heavy atom. The number of carbonyl (C=O) groups excluding carboxylic acids is 2. The van der Waals surface area contributed by atoms with Crippen LogP contribution in [-0.4, -0.2) is 28.6 Å². The standard InChI is InChI=1S/C29H33NO4/c1-4-18-12-16(3)23-21-11-15(2)5-10-20(21)27-25(23)24(18)26(31)22-14-29(33,30-28(22)32)13-17-6-8-19(34-27)9-7-17/h4,6-9,12,14-15,18,20-21,23-25,27,33H,1,5,10-11,13H2,2-3H3,(H,30,32)/t15-,18+,20-,21-,23+,24+,25+,27+,29-/m1/s1. The van der Waals surface area contributed by atoms with Crippen molar-refractivity contribution in [3.8, 4) is 5.75 Å². The van der Waals surface area contributed by atoms with Gasteiger partial charge in [0.25, 0.3) is 5.91 Å². The van der Waals surface area contributed by atoms with E-state index < -0.39 is 17.6 Å². The van der Waals surface area contributed by atoms with Gasteiger partial charge in [0, 0.05) is 24.2 Å². The lowest BCUT2D eigenvalue weighted by Crippen LogP contribution is -2.46. The Balaban J connectivity index is 1.54. The van der Waals surface area contributed by atoms with Crippen LogP contribution in [0.5, 0.6) is 5.75 Å². The van der Waals surface area contributed by atoms with Gasteiger partial charge in [-0.2, -0.15) is 0 Å². The summed E-state index contributed by atoms with van der Waals surface area (Å²) in [5.74, 6) is 1.21. The molecule has 4 bridgehead atoms. The molecule has 6 aliphatic rings. The summed E-state index contributed by atoms with van der Waals surface area (Å²) in [7, 11) is 0. The molecule has 9 atom stereocenters. The Labute approximate surface area is 201 Å². The Hall–Kier alpha value is -2.66. The van der Waals surface area contributed by atoms with E-state index in [1.165, 1.54) is 18.1 Å². The minimum absolute atomic E-state index is 0.0383. The van der Waals surface area contributed by atoms with Gasteiger partial charge in [-0.15, -0.1) is 6.58 Å². The monoisotopic (exact) mass is 459 g/mol. The quantitative estimate of drug-likeness (QED) is 0.492. The van der Waals surface area contributed by atoms with Gasteiger partial charge in [-0.1, -0.05) is 43.2 Å². The van der Waals surface area contributed by atoms with Crippen LogP contribution in [0.3, 0.4) is 0 Å². The van der Waals surface area contributed by atoms with Crippen molar-refractivity contribution in [2.75, 3.05) is 0 Å². The molecule has 7 rings (SSSR count). The molecule has 0 unspecified atom stereocenters. The summed E-state index contributed by atoms with van der Waals surface area (Å²) in [5, 5.41) is 13.8. The number of nitrogens with one attached hydrogen (secondary N) is 1. The van der Waals surface area contributed by atoms with E-state index in [9.17, 15) is 14.7 Å².